The van der Waals surface area contributed by atoms with E-state index in [-0.39, 0.29) is 11.0 Å². The molecule has 0 amide bonds. The maximum Gasteiger partial charge on any atom is 0.164 e. The van der Waals surface area contributed by atoms with Gasteiger partial charge in [-0.2, -0.15) is 11.1 Å². The third-order valence-corrected chi connectivity index (χ3v) is 3.77. The van der Waals surface area contributed by atoms with Crippen LogP contribution in [0.2, 0.25) is 13.1 Å². The van der Waals surface area contributed by atoms with Crippen LogP contribution in [0.5, 0.6) is 0 Å². The Labute approximate surface area is 59.9 Å². The standard InChI is InChI=1S/C3H8Cl2Si.H4Si/c1-6(2,5)3-4;/h3H2,1-2H3;1H4. The average Bonchev–Trinajstić information content (AvgIpc) is 1.35. The summed E-state index contributed by atoms with van der Waals surface area (Å²) in [6.07, 6.45) is 0. The molecule has 0 aliphatic rings. The smallest absolute Gasteiger partial charge is 0.164 e. The van der Waals surface area contributed by atoms with Gasteiger partial charge in [-0.3, -0.25) is 0 Å². The highest BCUT2D eigenvalue weighted by molar-refractivity contribution is 7.21. The summed E-state index contributed by atoms with van der Waals surface area (Å²) >= 11 is 11.1. The van der Waals surface area contributed by atoms with E-state index in [1.807, 2.05) is 13.1 Å². The lowest BCUT2D eigenvalue weighted by atomic mass is 11.8. The Hall–Kier alpha value is 1.01. The summed E-state index contributed by atoms with van der Waals surface area (Å²) in [7, 11) is -1.39. The van der Waals surface area contributed by atoms with E-state index in [4.69, 9.17) is 22.7 Å². The molecule has 46 valence electrons. The minimum absolute atomic E-state index is 0. The molecule has 0 bridgehead atoms. The summed E-state index contributed by atoms with van der Waals surface area (Å²) < 4.78 is 0. The lowest BCUT2D eigenvalue weighted by Crippen LogP contribution is -2.18. The molecule has 7 heavy (non-hydrogen) atoms. The van der Waals surface area contributed by atoms with E-state index >= 15 is 0 Å². The van der Waals surface area contributed by atoms with Crippen molar-refractivity contribution in [2.45, 2.75) is 13.1 Å². The van der Waals surface area contributed by atoms with Gasteiger partial charge in [0.25, 0.3) is 0 Å². The summed E-state index contributed by atoms with van der Waals surface area (Å²) in [4.78, 5) is 0. The first-order chi connectivity index (χ1) is 2.56. The first kappa shape index (κ1) is 10.9. The predicted molar refractivity (Wildman–Crippen MR) is 45.4 cm³/mol. The van der Waals surface area contributed by atoms with Crippen molar-refractivity contribution in [2.24, 2.45) is 0 Å². The van der Waals surface area contributed by atoms with E-state index in [1.54, 1.807) is 0 Å². The number of rotatable bonds is 1. The second-order valence-electron chi connectivity index (χ2n) is 1.85. The van der Waals surface area contributed by atoms with Gasteiger partial charge < -0.3 is 0 Å². The number of alkyl halides is 1. The minimum atomic E-state index is -1.39. The third kappa shape index (κ3) is 10.9. The molecule has 0 saturated carbocycles. The fourth-order valence-corrected chi connectivity index (χ4v) is 0. The van der Waals surface area contributed by atoms with Crippen molar-refractivity contribution in [3.05, 3.63) is 0 Å². The first-order valence-electron chi connectivity index (χ1n) is 1.81. The van der Waals surface area contributed by atoms with Crippen LogP contribution in [0.4, 0.5) is 0 Å². The Morgan fingerprint density at radius 2 is 1.57 bits per heavy atom. The van der Waals surface area contributed by atoms with Gasteiger partial charge in [0.1, 0.15) is 0 Å². The van der Waals surface area contributed by atoms with Crippen LogP contribution in [-0.2, 0) is 0 Å². The van der Waals surface area contributed by atoms with E-state index in [2.05, 4.69) is 0 Å². The summed E-state index contributed by atoms with van der Waals surface area (Å²) in [6, 6.07) is 0. The van der Waals surface area contributed by atoms with Crippen molar-refractivity contribution < 1.29 is 0 Å². The average molecular weight is 175 g/mol. The van der Waals surface area contributed by atoms with Gasteiger partial charge in [-0.1, -0.05) is 13.1 Å². The zero-order valence-corrected chi connectivity index (χ0v) is 6.47. The van der Waals surface area contributed by atoms with Crippen molar-refractivity contribution >= 4 is 41.0 Å². The fraction of sp³-hybridized carbons (Fsp3) is 1.00. The molecule has 0 unspecified atom stereocenters. The molecular formula is C3H12Cl2Si2. The summed E-state index contributed by atoms with van der Waals surface area (Å²) in [5.41, 5.74) is 0.647. The molecule has 0 atom stereocenters. The molecule has 0 nitrogen and oxygen atoms in total. The highest BCUT2D eigenvalue weighted by Gasteiger charge is 2.13. The Morgan fingerprint density at radius 1 is 1.43 bits per heavy atom. The van der Waals surface area contributed by atoms with Gasteiger partial charge in [-0.25, -0.2) is 0 Å². The van der Waals surface area contributed by atoms with Gasteiger partial charge >= 0.3 is 0 Å². The molecule has 0 saturated heterocycles. The van der Waals surface area contributed by atoms with Crippen LogP contribution in [0.3, 0.4) is 0 Å². The van der Waals surface area contributed by atoms with Crippen molar-refractivity contribution in [1.29, 1.82) is 0 Å². The normalized spacial score (nSPS) is 10.3. The third-order valence-electron chi connectivity index (χ3n) is 0.318. The highest BCUT2D eigenvalue weighted by atomic mass is 35.6. The van der Waals surface area contributed by atoms with Crippen LogP contribution in [0.25, 0.3) is 0 Å². The quantitative estimate of drug-likeness (QED) is 0.313. The molecule has 0 aromatic carbocycles. The van der Waals surface area contributed by atoms with E-state index < -0.39 is 7.38 Å². The second-order valence-corrected chi connectivity index (χ2v) is 9.43. The van der Waals surface area contributed by atoms with Crippen LogP contribution in [0.15, 0.2) is 0 Å². The Bertz CT molecular complexity index is 40.7. The molecule has 0 rings (SSSR count). The maximum atomic E-state index is 5.72. The zero-order chi connectivity index (χ0) is 5.21. The fourth-order valence-electron chi connectivity index (χ4n) is 0. The van der Waals surface area contributed by atoms with Crippen LogP contribution in [-0.4, -0.2) is 23.9 Å². The molecular weight excluding hydrogens is 163 g/mol. The number of hydrogen-bond donors (Lipinski definition) is 0. The molecule has 0 fully saturated rings. The van der Waals surface area contributed by atoms with Gasteiger partial charge in [0.05, 0.1) is 0 Å². The van der Waals surface area contributed by atoms with Crippen molar-refractivity contribution in [3.8, 4) is 0 Å². The van der Waals surface area contributed by atoms with Gasteiger partial charge in [-0.15, -0.1) is 11.6 Å². The van der Waals surface area contributed by atoms with E-state index in [9.17, 15) is 0 Å². The van der Waals surface area contributed by atoms with E-state index in [0.29, 0.717) is 5.50 Å². The second kappa shape index (κ2) is 3.95. The Balaban J connectivity index is 0. The van der Waals surface area contributed by atoms with E-state index in [0.717, 1.165) is 0 Å². The van der Waals surface area contributed by atoms with Crippen molar-refractivity contribution in [1.82, 2.24) is 0 Å². The highest BCUT2D eigenvalue weighted by Crippen LogP contribution is 2.07. The molecule has 0 aromatic rings. The molecule has 0 radical (unpaired) electrons. The zero-order valence-electron chi connectivity index (χ0n) is 3.96. The van der Waals surface area contributed by atoms with Crippen LogP contribution >= 0.6 is 22.7 Å². The van der Waals surface area contributed by atoms with Crippen LogP contribution in [0, 0.1) is 0 Å². The Morgan fingerprint density at radius 3 is 1.57 bits per heavy atom. The molecule has 0 aromatic heterocycles. The molecule has 0 spiro atoms. The van der Waals surface area contributed by atoms with Gasteiger partial charge in [0, 0.05) is 5.50 Å². The van der Waals surface area contributed by atoms with Crippen LogP contribution in [0.1, 0.15) is 0 Å². The number of halogens is 2. The lowest BCUT2D eigenvalue weighted by Gasteiger charge is -2.03. The van der Waals surface area contributed by atoms with Gasteiger partial charge in [-0.05, 0) is 11.0 Å². The monoisotopic (exact) mass is 174 g/mol. The summed E-state index contributed by atoms with van der Waals surface area (Å²) in [5, 5.41) is 0. The largest absolute Gasteiger partial charge is 0.166 e. The van der Waals surface area contributed by atoms with E-state index in [1.165, 1.54) is 0 Å². The minimum Gasteiger partial charge on any atom is -0.166 e. The molecule has 0 N–H and O–H groups in total. The number of hydrogen-bond acceptors (Lipinski definition) is 0. The van der Waals surface area contributed by atoms with Gasteiger partial charge in [0.2, 0.25) is 0 Å². The predicted octanol–water partition coefficient (Wildman–Crippen LogP) is 0.757. The van der Waals surface area contributed by atoms with Crippen molar-refractivity contribution in [2.75, 3.05) is 5.50 Å². The van der Waals surface area contributed by atoms with Crippen LogP contribution < -0.4 is 0 Å². The van der Waals surface area contributed by atoms with Crippen molar-refractivity contribution in [3.63, 3.8) is 0 Å². The summed E-state index contributed by atoms with van der Waals surface area (Å²) in [6.45, 7) is 4.03. The Kier molecular flexibility index (Phi) is 6.15. The molecule has 0 aliphatic carbocycles. The lowest BCUT2D eigenvalue weighted by molar-refractivity contribution is 1.81. The first-order valence-corrected chi connectivity index (χ1v) is 6.56. The SMILES string of the molecule is C[Si](C)(Cl)CCl.[SiH4]. The molecule has 4 heteroatoms. The maximum absolute atomic E-state index is 5.72. The van der Waals surface area contributed by atoms with Gasteiger partial charge in [0.15, 0.2) is 7.38 Å². The summed E-state index contributed by atoms with van der Waals surface area (Å²) in [5.74, 6) is 0. The molecule has 0 aliphatic heterocycles. The molecule has 0 heterocycles. The topological polar surface area (TPSA) is 0 Å².